The van der Waals surface area contributed by atoms with Crippen molar-refractivity contribution in [3.63, 3.8) is 0 Å². The first kappa shape index (κ1) is 9.92. The van der Waals surface area contributed by atoms with Crippen LogP contribution < -0.4 is 10.5 Å². The van der Waals surface area contributed by atoms with Gasteiger partial charge in [-0.05, 0) is 24.1 Å². The molecule has 0 aromatic heterocycles. The summed E-state index contributed by atoms with van der Waals surface area (Å²) in [6.07, 6.45) is 0. The predicted octanol–water partition coefficient (Wildman–Crippen LogP) is 2.06. The summed E-state index contributed by atoms with van der Waals surface area (Å²) in [4.78, 5) is 0. The number of alkyl halides is 2. The molecule has 0 radical (unpaired) electrons. The van der Waals surface area contributed by atoms with Gasteiger partial charge in [0.25, 0.3) is 0 Å². The van der Waals surface area contributed by atoms with Crippen LogP contribution >= 0.6 is 0 Å². The van der Waals surface area contributed by atoms with Gasteiger partial charge in [-0.2, -0.15) is 8.78 Å². The minimum absolute atomic E-state index is 0.193. The van der Waals surface area contributed by atoms with E-state index in [0.717, 1.165) is 5.56 Å². The van der Waals surface area contributed by atoms with Crippen molar-refractivity contribution in [2.24, 2.45) is 5.73 Å². The third kappa shape index (κ3) is 2.66. The van der Waals surface area contributed by atoms with E-state index in [0.29, 0.717) is 12.1 Å². The van der Waals surface area contributed by atoms with E-state index in [4.69, 9.17) is 5.73 Å². The fourth-order valence-electron chi connectivity index (χ4n) is 0.994. The Morgan fingerprint density at radius 1 is 1.46 bits per heavy atom. The van der Waals surface area contributed by atoms with Gasteiger partial charge in [0.15, 0.2) is 0 Å². The lowest BCUT2D eigenvalue weighted by atomic mass is 10.1. The Morgan fingerprint density at radius 3 is 2.69 bits per heavy atom. The summed E-state index contributed by atoms with van der Waals surface area (Å²) in [7, 11) is 0. The van der Waals surface area contributed by atoms with Crippen molar-refractivity contribution in [1.29, 1.82) is 0 Å². The van der Waals surface area contributed by atoms with E-state index >= 15 is 0 Å². The fourth-order valence-corrected chi connectivity index (χ4v) is 0.994. The lowest BCUT2D eigenvalue weighted by Gasteiger charge is -2.08. The van der Waals surface area contributed by atoms with Gasteiger partial charge in [-0.1, -0.05) is 12.1 Å². The van der Waals surface area contributed by atoms with Crippen molar-refractivity contribution in [2.45, 2.75) is 20.1 Å². The van der Waals surface area contributed by atoms with Crippen molar-refractivity contribution in [2.75, 3.05) is 0 Å². The smallest absolute Gasteiger partial charge is 0.387 e. The molecule has 4 heteroatoms. The number of hydrogen-bond donors (Lipinski definition) is 1. The Balaban J connectivity index is 2.90. The lowest BCUT2D eigenvalue weighted by molar-refractivity contribution is -0.0503. The second kappa shape index (κ2) is 4.18. The SMILES string of the molecule is Cc1ccc(CN)cc1OC(F)F. The van der Waals surface area contributed by atoms with Crippen molar-refractivity contribution in [3.8, 4) is 5.75 Å². The number of rotatable bonds is 3. The van der Waals surface area contributed by atoms with E-state index in [1.807, 2.05) is 0 Å². The molecule has 13 heavy (non-hydrogen) atoms. The second-order valence-electron chi connectivity index (χ2n) is 2.68. The summed E-state index contributed by atoms with van der Waals surface area (Å²) in [5, 5.41) is 0. The molecule has 72 valence electrons. The predicted molar refractivity (Wildman–Crippen MR) is 45.7 cm³/mol. The second-order valence-corrected chi connectivity index (χ2v) is 2.68. The first-order valence-electron chi connectivity index (χ1n) is 3.88. The number of benzene rings is 1. The fraction of sp³-hybridized carbons (Fsp3) is 0.333. The molecule has 0 fully saturated rings. The zero-order valence-electron chi connectivity index (χ0n) is 7.26. The van der Waals surface area contributed by atoms with Crippen LogP contribution in [0.5, 0.6) is 5.75 Å². The van der Waals surface area contributed by atoms with Gasteiger partial charge >= 0.3 is 6.61 Å². The molecule has 0 atom stereocenters. The number of ether oxygens (including phenoxy) is 1. The van der Waals surface area contributed by atoms with Crippen LogP contribution in [0.4, 0.5) is 8.78 Å². The maximum absolute atomic E-state index is 11.9. The number of aryl methyl sites for hydroxylation is 1. The lowest BCUT2D eigenvalue weighted by Crippen LogP contribution is -2.04. The highest BCUT2D eigenvalue weighted by atomic mass is 19.3. The van der Waals surface area contributed by atoms with Crippen LogP contribution in [0, 0.1) is 6.92 Å². The zero-order valence-corrected chi connectivity index (χ0v) is 7.26. The Bertz CT molecular complexity index is 289. The summed E-state index contributed by atoms with van der Waals surface area (Å²) in [6, 6.07) is 5.02. The van der Waals surface area contributed by atoms with Gasteiger partial charge in [-0.3, -0.25) is 0 Å². The summed E-state index contributed by atoms with van der Waals surface area (Å²) in [6.45, 7) is -0.760. The molecule has 1 aromatic rings. The highest BCUT2D eigenvalue weighted by molar-refractivity contribution is 5.36. The summed E-state index contributed by atoms with van der Waals surface area (Å²) in [5.74, 6) is 0.193. The molecule has 0 aliphatic heterocycles. The van der Waals surface area contributed by atoms with Crippen molar-refractivity contribution in [1.82, 2.24) is 0 Å². The van der Waals surface area contributed by atoms with Crippen LogP contribution in [0.3, 0.4) is 0 Å². The molecule has 0 heterocycles. The first-order chi connectivity index (χ1) is 6.13. The van der Waals surface area contributed by atoms with Crippen LogP contribution in [0.2, 0.25) is 0 Å². The molecule has 0 amide bonds. The van der Waals surface area contributed by atoms with E-state index in [1.54, 1.807) is 19.1 Å². The monoisotopic (exact) mass is 187 g/mol. The van der Waals surface area contributed by atoms with E-state index in [1.165, 1.54) is 6.07 Å². The largest absolute Gasteiger partial charge is 0.435 e. The third-order valence-corrected chi connectivity index (χ3v) is 1.70. The zero-order chi connectivity index (χ0) is 9.84. The van der Waals surface area contributed by atoms with Crippen LogP contribution in [-0.4, -0.2) is 6.61 Å². The van der Waals surface area contributed by atoms with Gasteiger partial charge < -0.3 is 10.5 Å². The quantitative estimate of drug-likeness (QED) is 0.786. The molecular weight excluding hydrogens is 176 g/mol. The number of halogens is 2. The molecule has 0 spiro atoms. The highest BCUT2D eigenvalue weighted by Crippen LogP contribution is 2.21. The van der Waals surface area contributed by atoms with Crippen LogP contribution in [-0.2, 0) is 6.54 Å². The molecule has 1 aromatic carbocycles. The standard InChI is InChI=1S/C9H11F2NO/c1-6-2-3-7(5-12)4-8(6)13-9(10)11/h2-4,9H,5,12H2,1H3. The maximum atomic E-state index is 11.9. The molecule has 0 saturated carbocycles. The van der Waals surface area contributed by atoms with E-state index < -0.39 is 6.61 Å². The average molecular weight is 187 g/mol. The Kier molecular flexibility index (Phi) is 3.19. The number of hydrogen-bond acceptors (Lipinski definition) is 2. The van der Waals surface area contributed by atoms with Crippen LogP contribution in [0.15, 0.2) is 18.2 Å². The summed E-state index contributed by atoms with van der Waals surface area (Å²) < 4.78 is 28.1. The van der Waals surface area contributed by atoms with Crippen molar-refractivity contribution >= 4 is 0 Å². The van der Waals surface area contributed by atoms with Gasteiger partial charge in [-0.25, -0.2) is 0 Å². The van der Waals surface area contributed by atoms with Crippen LogP contribution in [0.1, 0.15) is 11.1 Å². The highest BCUT2D eigenvalue weighted by Gasteiger charge is 2.07. The van der Waals surface area contributed by atoms with Gasteiger partial charge in [0.2, 0.25) is 0 Å². The van der Waals surface area contributed by atoms with Gasteiger partial charge in [0.1, 0.15) is 5.75 Å². The van der Waals surface area contributed by atoms with Gasteiger partial charge in [0.05, 0.1) is 0 Å². The maximum Gasteiger partial charge on any atom is 0.387 e. The molecule has 0 saturated heterocycles. The van der Waals surface area contributed by atoms with Crippen LogP contribution in [0.25, 0.3) is 0 Å². The van der Waals surface area contributed by atoms with Gasteiger partial charge in [-0.15, -0.1) is 0 Å². The summed E-state index contributed by atoms with van der Waals surface area (Å²) >= 11 is 0. The molecule has 0 aliphatic rings. The Hall–Kier alpha value is -1.16. The topological polar surface area (TPSA) is 35.2 Å². The third-order valence-electron chi connectivity index (χ3n) is 1.70. The van der Waals surface area contributed by atoms with E-state index in [-0.39, 0.29) is 5.75 Å². The minimum Gasteiger partial charge on any atom is -0.435 e. The van der Waals surface area contributed by atoms with Gasteiger partial charge in [0, 0.05) is 6.54 Å². The Morgan fingerprint density at radius 2 is 2.15 bits per heavy atom. The molecule has 2 nitrogen and oxygen atoms in total. The molecule has 0 aliphatic carbocycles. The molecular formula is C9H11F2NO. The molecule has 2 N–H and O–H groups in total. The first-order valence-corrected chi connectivity index (χ1v) is 3.88. The average Bonchev–Trinajstić information content (AvgIpc) is 2.08. The molecule has 0 unspecified atom stereocenters. The minimum atomic E-state index is -2.79. The van der Waals surface area contributed by atoms with E-state index in [9.17, 15) is 8.78 Å². The normalized spacial score (nSPS) is 10.5. The van der Waals surface area contributed by atoms with Crippen molar-refractivity contribution < 1.29 is 13.5 Å². The van der Waals surface area contributed by atoms with Crippen molar-refractivity contribution in [3.05, 3.63) is 29.3 Å². The number of nitrogens with two attached hydrogens (primary N) is 1. The molecule has 1 rings (SSSR count). The van der Waals surface area contributed by atoms with E-state index in [2.05, 4.69) is 4.74 Å². The molecule has 0 bridgehead atoms. The Labute approximate surface area is 75.3 Å². The summed E-state index contributed by atoms with van der Waals surface area (Å²) in [5.41, 5.74) is 6.81.